The Bertz CT molecular complexity index is 1160. The molecule has 2 aromatic carbocycles. The second-order valence-corrected chi connectivity index (χ2v) is 7.57. The molecule has 0 radical (unpaired) electrons. The Morgan fingerprint density at radius 3 is 2.35 bits per heavy atom. The van der Waals surface area contributed by atoms with Gasteiger partial charge in [0.1, 0.15) is 13.2 Å². The number of ether oxygens (including phenoxy) is 2. The van der Waals surface area contributed by atoms with Crippen molar-refractivity contribution in [2.75, 3.05) is 38.7 Å². The van der Waals surface area contributed by atoms with Gasteiger partial charge in [-0.2, -0.15) is 4.98 Å². The lowest BCUT2D eigenvalue weighted by molar-refractivity contribution is -0.137. The van der Waals surface area contributed by atoms with Gasteiger partial charge >= 0.3 is 12.1 Å². The number of aliphatic carboxylic acids is 1. The molecule has 4 rings (SSSR count). The number of hydrogen-bond donors (Lipinski definition) is 3. The van der Waals surface area contributed by atoms with Crippen LogP contribution >= 0.6 is 0 Å². The molecule has 0 unspecified atom stereocenters. The molecule has 2 amide bonds. The number of amides is 2. The van der Waals surface area contributed by atoms with Crippen LogP contribution in [-0.4, -0.2) is 76.6 Å². The van der Waals surface area contributed by atoms with Gasteiger partial charge in [-0.15, -0.1) is 5.10 Å². The summed E-state index contributed by atoms with van der Waals surface area (Å²) in [5.74, 6) is -2.35. The highest BCUT2D eigenvalue weighted by atomic mass is 16.5. The maximum atomic E-state index is 12.5. The van der Waals surface area contributed by atoms with Gasteiger partial charge in [-0.1, -0.05) is 48.5 Å². The first kappa shape index (κ1) is 22.9. The Morgan fingerprint density at radius 2 is 1.74 bits per heavy atom. The topological polar surface area (TPSA) is 147 Å². The van der Waals surface area contributed by atoms with Crippen LogP contribution in [0.2, 0.25) is 0 Å². The van der Waals surface area contributed by atoms with Gasteiger partial charge in [0.15, 0.2) is 0 Å². The normalized spacial score (nSPS) is 12.0. The van der Waals surface area contributed by atoms with Crippen molar-refractivity contribution in [3.63, 3.8) is 0 Å². The molecule has 3 N–H and O–H groups in total. The molecule has 3 aromatic rings. The smallest absolute Gasteiger partial charge is 0.414 e. The Labute approximate surface area is 194 Å². The summed E-state index contributed by atoms with van der Waals surface area (Å²) >= 11 is 0. The number of H-pyrrole nitrogens is 1. The molecule has 1 aliphatic rings. The molecule has 0 saturated heterocycles. The zero-order chi connectivity index (χ0) is 24.1. The van der Waals surface area contributed by atoms with Crippen LogP contribution in [0.15, 0.2) is 48.5 Å². The first-order valence-electron chi connectivity index (χ1n) is 10.5. The van der Waals surface area contributed by atoms with Crippen LogP contribution in [0.3, 0.4) is 0 Å². The first-order valence-corrected chi connectivity index (χ1v) is 10.5. The molecule has 11 nitrogen and oxygen atoms in total. The number of nitrogens with one attached hydrogen (secondary N) is 2. The van der Waals surface area contributed by atoms with Crippen LogP contribution in [0.25, 0.3) is 11.1 Å². The highest BCUT2D eigenvalue weighted by molar-refractivity contribution is 5.93. The van der Waals surface area contributed by atoms with Crippen LogP contribution in [0, 0.1) is 0 Å². The zero-order valence-corrected chi connectivity index (χ0v) is 18.4. The number of carbonyl (C=O) groups is 3. The fraction of sp³-hybridized carbons (Fsp3) is 0.261. The number of carboxylic acids is 1. The Morgan fingerprint density at radius 1 is 1.09 bits per heavy atom. The summed E-state index contributed by atoms with van der Waals surface area (Å²) in [4.78, 5) is 40.9. The number of benzene rings is 2. The second kappa shape index (κ2) is 10.1. The summed E-state index contributed by atoms with van der Waals surface area (Å²) in [5, 5.41) is 17.6. The van der Waals surface area contributed by atoms with Crippen LogP contribution < -0.4 is 5.32 Å². The number of aromatic amines is 1. The Kier molecular flexibility index (Phi) is 6.83. The van der Waals surface area contributed by atoms with E-state index in [9.17, 15) is 14.4 Å². The minimum atomic E-state index is -1.18. The predicted molar refractivity (Wildman–Crippen MR) is 120 cm³/mol. The maximum Gasteiger partial charge on any atom is 0.414 e. The van der Waals surface area contributed by atoms with E-state index < -0.39 is 24.5 Å². The number of carboxylic acid groups (broad SMARTS) is 1. The van der Waals surface area contributed by atoms with Gasteiger partial charge in [0.2, 0.25) is 5.82 Å². The molecule has 0 spiro atoms. The van der Waals surface area contributed by atoms with Gasteiger partial charge in [0.05, 0.1) is 6.61 Å². The summed E-state index contributed by atoms with van der Waals surface area (Å²) in [6.45, 7) is -0.215. The number of methoxy groups -OCH3 is 1. The lowest BCUT2D eigenvalue weighted by atomic mass is 9.98. The van der Waals surface area contributed by atoms with E-state index in [0.717, 1.165) is 27.2 Å². The van der Waals surface area contributed by atoms with Crippen LogP contribution in [0.5, 0.6) is 0 Å². The van der Waals surface area contributed by atoms with Crippen molar-refractivity contribution in [2.24, 2.45) is 0 Å². The quantitative estimate of drug-likeness (QED) is 0.436. The number of aromatic nitrogens is 3. The highest BCUT2D eigenvalue weighted by Crippen LogP contribution is 2.44. The molecular formula is C23H23N5O6. The summed E-state index contributed by atoms with van der Waals surface area (Å²) in [6.07, 6.45) is -0.776. The van der Waals surface area contributed by atoms with E-state index in [2.05, 4.69) is 20.5 Å². The van der Waals surface area contributed by atoms with Crippen molar-refractivity contribution in [1.29, 1.82) is 0 Å². The SMILES string of the molecule is COCCN(CC(=O)O)C(=O)c1nc(NC(=O)OCC2c3ccccc3-c3ccccc32)n[nH]1. The third-order valence-corrected chi connectivity index (χ3v) is 5.42. The van der Waals surface area contributed by atoms with Gasteiger partial charge in [-0.25, -0.2) is 4.79 Å². The van der Waals surface area contributed by atoms with E-state index in [1.54, 1.807) is 0 Å². The van der Waals surface area contributed by atoms with Gasteiger partial charge < -0.3 is 19.5 Å². The number of rotatable bonds is 9. The van der Waals surface area contributed by atoms with E-state index in [0.29, 0.717) is 0 Å². The molecule has 0 fully saturated rings. The van der Waals surface area contributed by atoms with E-state index in [1.807, 2.05) is 48.5 Å². The van der Waals surface area contributed by atoms with Gasteiger partial charge in [0, 0.05) is 19.6 Å². The monoisotopic (exact) mass is 465 g/mol. The fourth-order valence-electron chi connectivity index (χ4n) is 3.91. The van der Waals surface area contributed by atoms with E-state index >= 15 is 0 Å². The van der Waals surface area contributed by atoms with Gasteiger partial charge in [-0.05, 0) is 22.3 Å². The van der Waals surface area contributed by atoms with Crippen molar-refractivity contribution < 1.29 is 29.0 Å². The van der Waals surface area contributed by atoms with Gasteiger partial charge in [0.25, 0.3) is 11.9 Å². The average molecular weight is 465 g/mol. The number of nitrogens with zero attached hydrogens (tertiary/aromatic N) is 3. The number of hydrogen-bond acceptors (Lipinski definition) is 7. The predicted octanol–water partition coefficient (Wildman–Crippen LogP) is 2.34. The summed E-state index contributed by atoms with van der Waals surface area (Å²) < 4.78 is 10.3. The largest absolute Gasteiger partial charge is 0.480 e. The molecule has 1 heterocycles. The van der Waals surface area contributed by atoms with Crippen molar-refractivity contribution in [2.45, 2.75) is 5.92 Å². The molecule has 176 valence electrons. The summed E-state index contributed by atoms with van der Waals surface area (Å²) in [7, 11) is 1.44. The molecule has 1 aromatic heterocycles. The first-order chi connectivity index (χ1) is 16.5. The average Bonchev–Trinajstić information content (AvgIpc) is 3.42. The summed E-state index contributed by atoms with van der Waals surface area (Å²) in [6, 6.07) is 16.0. The van der Waals surface area contributed by atoms with Gasteiger partial charge in [-0.3, -0.25) is 20.0 Å². The van der Waals surface area contributed by atoms with Crippen LogP contribution in [0.4, 0.5) is 10.7 Å². The standard InChI is InChI=1S/C23H23N5O6/c1-33-11-10-28(12-19(29)30)21(31)20-24-22(27-26-20)25-23(32)34-13-18-16-8-4-2-6-14(16)15-7-3-5-9-17(15)18/h2-9,18H,10-13H2,1H3,(H,29,30)(H2,24,25,26,27,32). The fourth-order valence-corrected chi connectivity index (χ4v) is 3.91. The second-order valence-electron chi connectivity index (χ2n) is 7.57. The number of carbonyl (C=O) groups excluding carboxylic acids is 2. The van der Waals surface area contributed by atoms with Crippen molar-refractivity contribution in [3.05, 3.63) is 65.5 Å². The number of fused-ring (bicyclic) bond motifs is 3. The minimum Gasteiger partial charge on any atom is -0.480 e. The van der Waals surface area contributed by atoms with Crippen molar-refractivity contribution in [3.8, 4) is 11.1 Å². The Hall–Kier alpha value is -4.25. The van der Waals surface area contributed by atoms with E-state index in [1.165, 1.54) is 7.11 Å². The van der Waals surface area contributed by atoms with Crippen LogP contribution in [0.1, 0.15) is 27.7 Å². The maximum absolute atomic E-state index is 12.5. The molecule has 0 saturated carbocycles. The number of anilines is 1. The molecule has 0 aliphatic heterocycles. The molecular weight excluding hydrogens is 442 g/mol. The van der Waals surface area contributed by atoms with Crippen molar-refractivity contribution >= 4 is 23.9 Å². The zero-order valence-electron chi connectivity index (χ0n) is 18.4. The highest BCUT2D eigenvalue weighted by Gasteiger charge is 2.29. The molecule has 0 bridgehead atoms. The lowest BCUT2D eigenvalue weighted by Gasteiger charge is -2.18. The Balaban J connectivity index is 1.38. The molecule has 0 atom stereocenters. The van der Waals surface area contributed by atoms with E-state index in [-0.39, 0.29) is 37.4 Å². The molecule has 11 heteroatoms. The summed E-state index contributed by atoms with van der Waals surface area (Å²) in [5.41, 5.74) is 4.39. The van der Waals surface area contributed by atoms with Crippen molar-refractivity contribution in [1.82, 2.24) is 20.1 Å². The third-order valence-electron chi connectivity index (χ3n) is 5.42. The van der Waals surface area contributed by atoms with Crippen LogP contribution in [-0.2, 0) is 14.3 Å². The molecule has 1 aliphatic carbocycles. The minimum absolute atomic E-state index is 0.0530. The lowest BCUT2D eigenvalue weighted by Crippen LogP contribution is -2.38. The molecule has 34 heavy (non-hydrogen) atoms. The van der Waals surface area contributed by atoms with E-state index in [4.69, 9.17) is 14.6 Å². The third kappa shape index (κ3) is 4.89.